The molecular weight excluding hydrogens is 257 g/mol. The maximum atomic E-state index is 12.0. The summed E-state index contributed by atoms with van der Waals surface area (Å²) in [6.07, 6.45) is -1.17. The highest BCUT2D eigenvalue weighted by molar-refractivity contribution is 5.59. The predicted molar refractivity (Wildman–Crippen MR) is 64.7 cm³/mol. The van der Waals surface area contributed by atoms with Gasteiger partial charge in [-0.1, -0.05) is 6.92 Å². The summed E-state index contributed by atoms with van der Waals surface area (Å²) < 4.78 is 39.9. The topological polar surface area (TPSA) is 37.9 Å². The SMILES string of the molecule is CCCc1ncc(-c2ccc(OC(F)(F)F)cc2)[nH]1. The molecule has 1 aromatic heterocycles. The fourth-order valence-corrected chi connectivity index (χ4v) is 1.71. The van der Waals surface area contributed by atoms with Gasteiger partial charge in [-0.25, -0.2) is 4.98 Å². The summed E-state index contributed by atoms with van der Waals surface area (Å²) in [5.74, 6) is 0.637. The van der Waals surface area contributed by atoms with E-state index in [9.17, 15) is 13.2 Å². The van der Waals surface area contributed by atoms with Crippen LogP contribution in [0.25, 0.3) is 11.3 Å². The van der Waals surface area contributed by atoms with E-state index < -0.39 is 6.36 Å². The first-order valence-electron chi connectivity index (χ1n) is 5.88. The Kier molecular flexibility index (Phi) is 3.78. The minimum atomic E-state index is -4.66. The summed E-state index contributed by atoms with van der Waals surface area (Å²) in [6, 6.07) is 5.68. The van der Waals surface area contributed by atoms with Crippen LogP contribution in [0, 0.1) is 0 Å². The van der Waals surface area contributed by atoms with Crippen molar-refractivity contribution in [1.29, 1.82) is 0 Å². The van der Waals surface area contributed by atoms with E-state index in [0.717, 1.165) is 29.9 Å². The predicted octanol–water partition coefficient (Wildman–Crippen LogP) is 3.93. The Morgan fingerprint density at radius 3 is 2.47 bits per heavy atom. The Hall–Kier alpha value is -1.98. The third-order valence-corrected chi connectivity index (χ3v) is 2.51. The van der Waals surface area contributed by atoms with Gasteiger partial charge in [-0.3, -0.25) is 0 Å². The number of alkyl halides is 3. The smallest absolute Gasteiger partial charge is 0.406 e. The van der Waals surface area contributed by atoms with Gasteiger partial charge in [0.1, 0.15) is 11.6 Å². The maximum absolute atomic E-state index is 12.0. The molecule has 1 N–H and O–H groups in total. The second-order valence-electron chi connectivity index (χ2n) is 4.07. The number of H-pyrrole nitrogens is 1. The first kappa shape index (κ1) is 13.5. The molecule has 0 spiro atoms. The van der Waals surface area contributed by atoms with E-state index in [0.29, 0.717) is 0 Å². The van der Waals surface area contributed by atoms with Gasteiger partial charge in [-0.2, -0.15) is 0 Å². The van der Waals surface area contributed by atoms with Gasteiger partial charge in [0.05, 0.1) is 11.9 Å². The van der Waals surface area contributed by atoms with Crippen LogP contribution >= 0.6 is 0 Å². The first-order chi connectivity index (χ1) is 8.98. The molecule has 102 valence electrons. The van der Waals surface area contributed by atoms with Gasteiger partial charge in [0, 0.05) is 6.42 Å². The standard InChI is InChI=1S/C13H13F3N2O/c1-2-3-12-17-8-11(18-12)9-4-6-10(7-5-9)19-13(14,15)16/h4-8H,2-3H2,1H3,(H,17,18). The molecule has 0 aliphatic carbocycles. The Labute approximate surface area is 108 Å². The number of nitrogens with zero attached hydrogens (tertiary/aromatic N) is 1. The van der Waals surface area contributed by atoms with Crippen LogP contribution in [-0.2, 0) is 6.42 Å². The molecule has 0 saturated carbocycles. The van der Waals surface area contributed by atoms with Crippen molar-refractivity contribution in [2.24, 2.45) is 0 Å². The van der Waals surface area contributed by atoms with Crippen LogP contribution in [0.1, 0.15) is 19.2 Å². The van der Waals surface area contributed by atoms with Crippen molar-refractivity contribution < 1.29 is 17.9 Å². The fraction of sp³-hybridized carbons (Fsp3) is 0.308. The second-order valence-corrected chi connectivity index (χ2v) is 4.07. The van der Waals surface area contributed by atoms with Crippen LogP contribution in [0.5, 0.6) is 5.75 Å². The van der Waals surface area contributed by atoms with E-state index >= 15 is 0 Å². The fourth-order valence-electron chi connectivity index (χ4n) is 1.71. The Morgan fingerprint density at radius 1 is 1.21 bits per heavy atom. The summed E-state index contributed by atoms with van der Waals surface area (Å²) in [5, 5.41) is 0. The van der Waals surface area contributed by atoms with E-state index in [1.165, 1.54) is 12.1 Å². The van der Waals surface area contributed by atoms with E-state index in [1.54, 1.807) is 18.3 Å². The van der Waals surface area contributed by atoms with Crippen LogP contribution in [0.15, 0.2) is 30.5 Å². The van der Waals surface area contributed by atoms with Crippen molar-refractivity contribution in [3.63, 3.8) is 0 Å². The third kappa shape index (κ3) is 3.74. The lowest BCUT2D eigenvalue weighted by atomic mass is 10.2. The minimum absolute atomic E-state index is 0.232. The van der Waals surface area contributed by atoms with Crippen molar-refractivity contribution >= 4 is 0 Å². The summed E-state index contributed by atoms with van der Waals surface area (Å²) >= 11 is 0. The molecule has 2 aromatic rings. The summed E-state index contributed by atoms with van der Waals surface area (Å²) in [5.41, 5.74) is 1.55. The molecule has 0 aliphatic rings. The molecule has 0 radical (unpaired) electrons. The quantitative estimate of drug-likeness (QED) is 0.914. The number of hydrogen-bond acceptors (Lipinski definition) is 2. The van der Waals surface area contributed by atoms with Gasteiger partial charge in [0.25, 0.3) is 0 Å². The first-order valence-corrected chi connectivity index (χ1v) is 5.88. The summed E-state index contributed by atoms with van der Waals surface area (Å²) in [7, 11) is 0. The molecular formula is C13H13F3N2O. The van der Waals surface area contributed by atoms with Crippen LogP contribution in [-0.4, -0.2) is 16.3 Å². The van der Waals surface area contributed by atoms with E-state index in [-0.39, 0.29) is 5.75 Å². The third-order valence-electron chi connectivity index (χ3n) is 2.51. The number of aromatic amines is 1. The largest absolute Gasteiger partial charge is 0.573 e. The maximum Gasteiger partial charge on any atom is 0.573 e. The lowest BCUT2D eigenvalue weighted by molar-refractivity contribution is -0.274. The van der Waals surface area contributed by atoms with E-state index in [2.05, 4.69) is 14.7 Å². The average Bonchev–Trinajstić information content (AvgIpc) is 2.77. The lowest BCUT2D eigenvalue weighted by Gasteiger charge is -2.08. The highest BCUT2D eigenvalue weighted by Crippen LogP contribution is 2.25. The number of hydrogen-bond donors (Lipinski definition) is 1. The lowest BCUT2D eigenvalue weighted by Crippen LogP contribution is -2.16. The molecule has 6 heteroatoms. The molecule has 0 saturated heterocycles. The molecule has 3 nitrogen and oxygen atoms in total. The van der Waals surface area contributed by atoms with Crippen molar-refractivity contribution in [3.8, 4) is 17.0 Å². The van der Waals surface area contributed by atoms with Gasteiger partial charge in [-0.05, 0) is 36.2 Å². The van der Waals surface area contributed by atoms with Gasteiger partial charge in [0.2, 0.25) is 0 Å². The molecule has 0 amide bonds. The summed E-state index contributed by atoms with van der Waals surface area (Å²) in [6.45, 7) is 2.05. The Morgan fingerprint density at radius 2 is 1.89 bits per heavy atom. The van der Waals surface area contributed by atoms with Crippen molar-refractivity contribution in [1.82, 2.24) is 9.97 Å². The summed E-state index contributed by atoms with van der Waals surface area (Å²) in [4.78, 5) is 7.32. The highest BCUT2D eigenvalue weighted by atomic mass is 19.4. The molecule has 1 heterocycles. The van der Waals surface area contributed by atoms with Crippen molar-refractivity contribution in [3.05, 3.63) is 36.3 Å². The minimum Gasteiger partial charge on any atom is -0.406 e. The normalized spacial score (nSPS) is 11.6. The highest BCUT2D eigenvalue weighted by Gasteiger charge is 2.30. The van der Waals surface area contributed by atoms with Crippen LogP contribution in [0.2, 0.25) is 0 Å². The molecule has 0 atom stereocenters. The monoisotopic (exact) mass is 270 g/mol. The molecule has 19 heavy (non-hydrogen) atoms. The van der Waals surface area contributed by atoms with Crippen molar-refractivity contribution in [2.45, 2.75) is 26.1 Å². The van der Waals surface area contributed by atoms with Crippen LogP contribution in [0.4, 0.5) is 13.2 Å². The number of rotatable bonds is 4. The van der Waals surface area contributed by atoms with E-state index in [1.807, 2.05) is 6.92 Å². The second kappa shape index (κ2) is 5.34. The number of imidazole rings is 1. The van der Waals surface area contributed by atoms with Gasteiger partial charge < -0.3 is 9.72 Å². The van der Waals surface area contributed by atoms with E-state index in [4.69, 9.17) is 0 Å². The number of halogens is 3. The molecule has 0 fully saturated rings. The average molecular weight is 270 g/mol. The van der Waals surface area contributed by atoms with Crippen molar-refractivity contribution in [2.75, 3.05) is 0 Å². The van der Waals surface area contributed by atoms with Gasteiger partial charge >= 0.3 is 6.36 Å². The molecule has 0 unspecified atom stereocenters. The Balaban J connectivity index is 2.13. The number of aryl methyl sites for hydroxylation is 1. The molecule has 2 rings (SSSR count). The zero-order valence-corrected chi connectivity index (χ0v) is 10.3. The molecule has 1 aromatic carbocycles. The van der Waals surface area contributed by atoms with Gasteiger partial charge in [0.15, 0.2) is 0 Å². The Bertz CT molecular complexity index is 532. The number of aromatic nitrogens is 2. The number of nitrogens with one attached hydrogen (secondary N) is 1. The zero-order valence-electron chi connectivity index (χ0n) is 10.3. The zero-order chi connectivity index (χ0) is 13.9. The molecule has 0 bridgehead atoms. The molecule has 0 aliphatic heterocycles. The van der Waals surface area contributed by atoms with Gasteiger partial charge in [-0.15, -0.1) is 13.2 Å². The number of ether oxygens (including phenoxy) is 1. The van der Waals surface area contributed by atoms with Crippen LogP contribution in [0.3, 0.4) is 0 Å². The number of benzene rings is 1. The van der Waals surface area contributed by atoms with Crippen LogP contribution < -0.4 is 4.74 Å².